The van der Waals surface area contributed by atoms with Gasteiger partial charge in [0.05, 0.1) is 0 Å². The summed E-state index contributed by atoms with van der Waals surface area (Å²) in [7, 11) is -16.5. The van der Waals surface area contributed by atoms with Crippen molar-refractivity contribution in [3.63, 3.8) is 0 Å². The Morgan fingerprint density at radius 3 is 1.70 bits per heavy atom. The van der Waals surface area contributed by atoms with Crippen molar-refractivity contribution in [3.05, 3.63) is 0 Å². The van der Waals surface area contributed by atoms with Crippen LogP contribution >= 0.6 is 0 Å². The Kier molecular flexibility index (Phi) is 3.57. The minimum atomic E-state index is -2.62. The maximum Gasteiger partial charge on any atom is 0.565 e. The zero-order valence-corrected chi connectivity index (χ0v) is 16.7. The third-order valence-corrected chi connectivity index (χ3v) is 17.2. The van der Waals surface area contributed by atoms with Crippen molar-refractivity contribution in [1.29, 1.82) is 0 Å². The molecule has 108 valence electrons. The summed E-state index contributed by atoms with van der Waals surface area (Å²) in [5.74, 6) is 0. The summed E-state index contributed by atoms with van der Waals surface area (Å²) < 4.78 is 66.9. The van der Waals surface area contributed by atoms with Crippen LogP contribution in [0.3, 0.4) is 0 Å². The van der Waals surface area contributed by atoms with E-state index < -0.39 is 73.2 Å². The highest BCUT2D eigenvalue weighted by Crippen LogP contribution is 2.26. The topological polar surface area (TPSA) is 111 Å². The Bertz CT molecular complexity index is 243. The fourth-order valence-electron chi connectivity index (χ4n) is 1.57. The predicted octanol–water partition coefficient (Wildman–Crippen LogP) is -4.37. The zero-order chi connectivity index (χ0) is 13.1. The van der Waals surface area contributed by atoms with E-state index in [1.807, 2.05) is 0 Å². The van der Waals surface area contributed by atoms with Crippen molar-refractivity contribution in [2.75, 3.05) is 0 Å². The van der Waals surface area contributed by atoms with E-state index in [0.29, 0.717) is 0 Å². The molecule has 0 spiro atoms. The Labute approximate surface area is 124 Å². The SMILES string of the molecule is O1C2O[Si]3O[Si]4O[SiH](O2)O[Si]2O[Si]1O[SiH](O3)O[SiH](O2)O4. The van der Waals surface area contributed by atoms with Gasteiger partial charge in [-0.25, -0.2) is 0 Å². The lowest BCUT2D eigenvalue weighted by Crippen LogP contribution is -2.67. The zero-order valence-electron chi connectivity index (χ0n) is 9.21. The molecule has 0 aromatic heterocycles. The minimum Gasteiger partial charge on any atom is -0.378 e. The predicted molar refractivity (Wildman–Crippen MR) is 61.3 cm³/mol. The first-order valence-corrected chi connectivity index (χ1v) is 14.4. The molecule has 20 heavy (non-hydrogen) atoms. The van der Waals surface area contributed by atoms with Crippen LogP contribution in [0.1, 0.15) is 0 Å². The normalized spacial score (nSPS) is 46.8. The van der Waals surface area contributed by atoms with Crippen LogP contribution in [0.5, 0.6) is 0 Å². The third-order valence-electron chi connectivity index (χ3n) is 2.32. The van der Waals surface area contributed by atoms with E-state index in [1.165, 1.54) is 0 Å². The quantitative estimate of drug-likeness (QED) is 0.364. The van der Waals surface area contributed by atoms with Crippen LogP contribution in [0.4, 0.5) is 0 Å². The number of rotatable bonds is 0. The average Bonchev–Trinajstić information content (AvgIpc) is 2.18. The molecule has 4 radical (unpaired) electrons. The van der Waals surface area contributed by atoms with Crippen LogP contribution in [0.15, 0.2) is 0 Å². The molecule has 0 saturated carbocycles. The van der Waals surface area contributed by atoms with Crippen molar-refractivity contribution in [3.8, 4) is 0 Å². The molecule has 6 aliphatic heterocycles. The second kappa shape index (κ2) is 5.29. The Morgan fingerprint density at radius 1 is 0.600 bits per heavy atom. The highest BCUT2D eigenvalue weighted by molar-refractivity contribution is 6.77. The first-order valence-electron chi connectivity index (χ1n) is 5.28. The van der Waals surface area contributed by atoms with Crippen molar-refractivity contribution in [2.45, 2.75) is 6.48 Å². The van der Waals surface area contributed by atoms with E-state index in [4.69, 9.17) is 50.3 Å². The van der Waals surface area contributed by atoms with Crippen molar-refractivity contribution >= 4 is 66.7 Å². The van der Waals surface area contributed by atoms with Gasteiger partial charge in [-0.3, -0.25) is 0 Å². The lowest BCUT2D eigenvalue weighted by Gasteiger charge is -2.42. The molecular formula is CH4O12Si7. The van der Waals surface area contributed by atoms with E-state index in [9.17, 15) is 0 Å². The molecule has 0 amide bonds. The molecule has 0 N–H and O–H groups in total. The molecule has 8 bridgehead atoms. The molecule has 19 heteroatoms. The van der Waals surface area contributed by atoms with Gasteiger partial charge in [-0.05, 0) is 0 Å². The minimum absolute atomic E-state index is 1.07. The number of hydrogen-bond acceptors (Lipinski definition) is 12. The van der Waals surface area contributed by atoms with Crippen molar-refractivity contribution in [2.24, 2.45) is 0 Å². The van der Waals surface area contributed by atoms with Crippen molar-refractivity contribution < 1.29 is 50.3 Å². The van der Waals surface area contributed by atoms with Gasteiger partial charge in [0.2, 0.25) is 0 Å². The van der Waals surface area contributed by atoms with Crippen LogP contribution in [-0.2, 0) is 50.3 Å². The van der Waals surface area contributed by atoms with Gasteiger partial charge in [0, 0.05) is 0 Å². The molecular weight excluding hydrogens is 401 g/mol. The highest BCUT2D eigenvalue weighted by Gasteiger charge is 2.57. The fourth-order valence-corrected chi connectivity index (χ4v) is 19.5. The van der Waals surface area contributed by atoms with E-state index in [-0.39, 0.29) is 0 Å². The van der Waals surface area contributed by atoms with Gasteiger partial charge in [-0.2, -0.15) is 0 Å². The standard InChI is InChI=1S/CH4O12Si7/c2-1-3-15-7-17-5-14(2)6-18-8-16(4-1)10-19(9-15)13-20(11-17)12-18/h1,14,19-20H. The molecule has 0 aromatic carbocycles. The molecule has 6 aliphatic rings. The van der Waals surface area contributed by atoms with Gasteiger partial charge in [-0.15, -0.1) is 0 Å². The van der Waals surface area contributed by atoms with Crippen LogP contribution < -0.4 is 0 Å². The van der Waals surface area contributed by atoms with Crippen LogP contribution in [0.2, 0.25) is 0 Å². The summed E-state index contributed by atoms with van der Waals surface area (Å²) in [6.07, 6.45) is 0. The monoisotopic (exact) mass is 404 g/mol. The smallest absolute Gasteiger partial charge is 0.378 e. The molecule has 6 fully saturated rings. The molecule has 6 saturated heterocycles. The van der Waals surface area contributed by atoms with Gasteiger partial charge in [0.1, 0.15) is 0 Å². The lowest BCUT2D eigenvalue weighted by molar-refractivity contribution is -0.206. The van der Waals surface area contributed by atoms with Gasteiger partial charge in [0.25, 0.3) is 6.48 Å². The Balaban J connectivity index is 1.57. The Hall–Kier alpha value is 1.04. The summed E-state index contributed by atoms with van der Waals surface area (Å²) in [5.41, 5.74) is 0. The highest BCUT2D eigenvalue weighted by atomic mass is 28.5. The van der Waals surface area contributed by atoms with Crippen molar-refractivity contribution in [1.82, 2.24) is 0 Å². The third kappa shape index (κ3) is 2.58. The molecule has 6 rings (SSSR count). The molecule has 0 aromatic rings. The van der Waals surface area contributed by atoms with Crippen LogP contribution in [0, 0.1) is 0 Å². The van der Waals surface area contributed by atoms with Gasteiger partial charge in [-0.1, -0.05) is 0 Å². The lowest BCUT2D eigenvalue weighted by atomic mass is 11.4. The molecule has 12 nitrogen and oxygen atoms in total. The Morgan fingerprint density at radius 2 is 1.10 bits per heavy atom. The maximum absolute atomic E-state index is 5.64. The summed E-state index contributed by atoms with van der Waals surface area (Å²) in [4.78, 5) is 0. The molecule has 0 aliphatic carbocycles. The first kappa shape index (κ1) is 13.5. The molecule has 6 heterocycles. The van der Waals surface area contributed by atoms with E-state index in [1.54, 1.807) is 0 Å². The van der Waals surface area contributed by atoms with Gasteiger partial charge < -0.3 is 50.3 Å². The first-order chi connectivity index (χ1) is 9.80. The number of hydrogen-bond donors (Lipinski definition) is 0. The van der Waals surface area contributed by atoms with E-state index in [2.05, 4.69) is 0 Å². The van der Waals surface area contributed by atoms with E-state index in [0.717, 1.165) is 0 Å². The van der Waals surface area contributed by atoms with Crippen LogP contribution in [0.25, 0.3) is 0 Å². The molecule has 0 atom stereocenters. The summed E-state index contributed by atoms with van der Waals surface area (Å²) in [6.45, 7) is -1.07. The second-order valence-corrected chi connectivity index (χ2v) is 16.4. The fraction of sp³-hybridized carbons (Fsp3) is 1.00. The summed E-state index contributed by atoms with van der Waals surface area (Å²) >= 11 is 0. The van der Waals surface area contributed by atoms with Gasteiger partial charge in [0.15, 0.2) is 0 Å². The maximum atomic E-state index is 5.64. The average molecular weight is 405 g/mol. The largest absolute Gasteiger partial charge is 0.565 e. The van der Waals surface area contributed by atoms with Crippen LogP contribution in [-0.4, -0.2) is 73.2 Å². The van der Waals surface area contributed by atoms with E-state index >= 15 is 0 Å². The summed E-state index contributed by atoms with van der Waals surface area (Å²) in [6, 6.07) is 0. The second-order valence-electron chi connectivity index (χ2n) is 3.57. The van der Waals surface area contributed by atoms with Gasteiger partial charge >= 0.3 is 66.7 Å². The summed E-state index contributed by atoms with van der Waals surface area (Å²) in [5, 5.41) is 0. The molecule has 0 unspecified atom stereocenters.